The highest BCUT2D eigenvalue weighted by Crippen LogP contribution is 2.39. The van der Waals surface area contributed by atoms with E-state index >= 15 is 0 Å². The van der Waals surface area contributed by atoms with Crippen LogP contribution in [0.25, 0.3) is 0 Å². The first kappa shape index (κ1) is 11.5. The minimum Gasteiger partial charge on any atom is -0.370 e. The Labute approximate surface area is 96.2 Å². The predicted octanol–water partition coefficient (Wildman–Crippen LogP) is 1.39. The third kappa shape index (κ3) is 2.08. The van der Waals surface area contributed by atoms with Crippen molar-refractivity contribution in [3.63, 3.8) is 0 Å². The summed E-state index contributed by atoms with van der Waals surface area (Å²) in [4.78, 5) is 8.94. The predicted molar refractivity (Wildman–Crippen MR) is 61.9 cm³/mol. The lowest BCUT2D eigenvalue weighted by Crippen LogP contribution is -2.27. The quantitative estimate of drug-likeness (QED) is 0.834. The molecule has 0 aliphatic heterocycles. The zero-order chi connectivity index (χ0) is 11.4. The average molecular weight is 221 g/mol. The first-order valence-corrected chi connectivity index (χ1v) is 5.88. The van der Waals surface area contributed by atoms with Gasteiger partial charge in [0.2, 0.25) is 0 Å². The Morgan fingerprint density at radius 1 is 1.44 bits per heavy atom. The topological polar surface area (TPSA) is 61.0 Å². The smallest absolute Gasteiger partial charge is 0.160 e. The van der Waals surface area contributed by atoms with Crippen molar-refractivity contribution in [3.05, 3.63) is 23.8 Å². The van der Waals surface area contributed by atoms with Gasteiger partial charge in [-0.2, -0.15) is 0 Å². The van der Waals surface area contributed by atoms with Crippen LogP contribution in [0.3, 0.4) is 0 Å². The summed E-state index contributed by atoms with van der Waals surface area (Å²) in [5, 5.41) is 0. The molecule has 16 heavy (non-hydrogen) atoms. The van der Waals surface area contributed by atoms with Gasteiger partial charge in [0.1, 0.15) is 5.60 Å². The molecule has 1 fully saturated rings. The largest absolute Gasteiger partial charge is 0.370 e. The van der Waals surface area contributed by atoms with Gasteiger partial charge in [-0.3, -0.25) is 0 Å². The number of nitrogens with two attached hydrogens (primary N) is 1. The van der Waals surface area contributed by atoms with Gasteiger partial charge in [0.25, 0.3) is 0 Å². The van der Waals surface area contributed by atoms with Crippen LogP contribution in [-0.2, 0) is 16.8 Å². The third-order valence-electron chi connectivity index (χ3n) is 3.32. The maximum atomic E-state index is 5.66. The van der Waals surface area contributed by atoms with E-state index in [1.165, 1.54) is 12.8 Å². The van der Waals surface area contributed by atoms with Gasteiger partial charge in [-0.05, 0) is 38.3 Å². The van der Waals surface area contributed by atoms with E-state index in [4.69, 9.17) is 10.5 Å². The van der Waals surface area contributed by atoms with Crippen molar-refractivity contribution in [2.45, 2.75) is 37.7 Å². The molecule has 88 valence electrons. The lowest BCUT2D eigenvalue weighted by atomic mass is 10.0. The van der Waals surface area contributed by atoms with Crippen LogP contribution in [0.5, 0.6) is 0 Å². The lowest BCUT2D eigenvalue weighted by molar-refractivity contribution is -0.0164. The number of aromatic nitrogens is 2. The van der Waals surface area contributed by atoms with Gasteiger partial charge in [-0.25, -0.2) is 9.97 Å². The average Bonchev–Trinajstić information content (AvgIpc) is 2.80. The van der Waals surface area contributed by atoms with Crippen LogP contribution in [0.2, 0.25) is 0 Å². The van der Waals surface area contributed by atoms with E-state index in [9.17, 15) is 0 Å². The summed E-state index contributed by atoms with van der Waals surface area (Å²) in [7, 11) is 1.75. The number of hydrogen-bond donors (Lipinski definition) is 1. The Morgan fingerprint density at radius 3 is 2.81 bits per heavy atom. The van der Waals surface area contributed by atoms with Gasteiger partial charge in [-0.1, -0.05) is 0 Å². The maximum Gasteiger partial charge on any atom is 0.160 e. The molecule has 4 heteroatoms. The number of ether oxygens (including phenoxy) is 1. The molecule has 0 aromatic carbocycles. The fourth-order valence-electron chi connectivity index (χ4n) is 2.37. The van der Waals surface area contributed by atoms with Crippen LogP contribution in [0.15, 0.2) is 12.3 Å². The zero-order valence-corrected chi connectivity index (χ0v) is 9.78. The first-order valence-electron chi connectivity index (χ1n) is 5.88. The minimum absolute atomic E-state index is 0.245. The molecule has 0 unspecified atom stereocenters. The molecule has 4 nitrogen and oxygen atoms in total. The van der Waals surface area contributed by atoms with Gasteiger partial charge < -0.3 is 10.5 Å². The molecule has 0 bridgehead atoms. The van der Waals surface area contributed by atoms with Gasteiger partial charge in [-0.15, -0.1) is 0 Å². The van der Waals surface area contributed by atoms with Crippen molar-refractivity contribution in [3.8, 4) is 0 Å². The monoisotopic (exact) mass is 221 g/mol. The summed E-state index contributed by atoms with van der Waals surface area (Å²) < 4.78 is 5.66. The summed E-state index contributed by atoms with van der Waals surface area (Å²) in [6, 6.07) is 1.93. The Kier molecular flexibility index (Phi) is 3.51. The SMILES string of the molecule is COC1(c2nccc(CCN)n2)CCCC1. The molecular weight excluding hydrogens is 202 g/mol. The molecule has 0 saturated heterocycles. The van der Waals surface area contributed by atoms with Crippen molar-refractivity contribution in [2.75, 3.05) is 13.7 Å². The Morgan fingerprint density at radius 2 is 2.19 bits per heavy atom. The number of hydrogen-bond acceptors (Lipinski definition) is 4. The minimum atomic E-state index is -0.245. The van der Waals surface area contributed by atoms with Crippen LogP contribution in [0, 0.1) is 0 Å². The van der Waals surface area contributed by atoms with Crippen molar-refractivity contribution >= 4 is 0 Å². The Hall–Kier alpha value is -1.00. The molecule has 0 atom stereocenters. The third-order valence-corrected chi connectivity index (χ3v) is 3.32. The normalized spacial score (nSPS) is 18.9. The Bertz CT molecular complexity index is 348. The van der Waals surface area contributed by atoms with Gasteiger partial charge in [0.05, 0.1) is 0 Å². The van der Waals surface area contributed by atoms with E-state index in [1.54, 1.807) is 7.11 Å². The zero-order valence-electron chi connectivity index (χ0n) is 9.78. The van der Waals surface area contributed by atoms with Gasteiger partial charge in [0, 0.05) is 25.4 Å². The highest BCUT2D eigenvalue weighted by atomic mass is 16.5. The van der Waals surface area contributed by atoms with E-state index < -0.39 is 0 Å². The van der Waals surface area contributed by atoms with Crippen LogP contribution < -0.4 is 5.73 Å². The molecule has 2 rings (SSSR count). The van der Waals surface area contributed by atoms with E-state index in [2.05, 4.69) is 9.97 Å². The molecule has 1 aromatic heterocycles. The number of rotatable bonds is 4. The summed E-state index contributed by atoms with van der Waals surface area (Å²) in [6.07, 6.45) is 7.05. The van der Waals surface area contributed by atoms with Crippen molar-refractivity contribution in [2.24, 2.45) is 5.73 Å². The molecule has 0 spiro atoms. The molecule has 0 amide bonds. The highest BCUT2D eigenvalue weighted by Gasteiger charge is 2.38. The molecule has 2 N–H and O–H groups in total. The summed E-state index contributed by atoms with van der Waals surface area (Å²) in [5.41, 5.74) is 6.30. The molecule has 1 aromatic rings. The van der Waals surface area contributed by atoms with Gasteiger partial charge >= 0.3 is 0 Å². The van der Waals surface area contributed by atoms with Crippen LogP contribution in [0.4, 0.5) is 0 Å². The standard InChI is InChI=1S/C12H19N3O/c1-16-12(6-2-3-7-12)11-14-9-5-10(15-11)4-8-13/h5,9H,2-4,6-8,13H2,1H3. The molecular formula is C12H19N3O. The van der Waals surface area contributed by atoms with E-state index in [1.807, 2.05) is 12.3 Å². The van der Waals surface area contributed by atoms with E-state index in [-0.39, 0.29) is 5.60 Å². The number of methoxy groups -OCH3 is 1. The van der Waals surface area contributed by atoms with Crippen LogP contribution >= 0.6 is 0 Å². The second-order valence-corrected chi connectivity index (χ2v) is 4.32. The fraction of sp³-hybridized carbons (Fsp3) is 0.667. The second-order valence-electron chi connectivity index (χ2n) is 4.32. The lowest BCUT2D eigenvalue weighted by Gasteiger charge is -2.25. The highest BCUT2D eigenvalue weighted by molar-refractivity contribution is 5.10. The molecule has 1 saturated carbocycles. The van der Waals surface area contributed by atoms with Crippen molar-refractivity contribution < 1.29 is 4.74 Å². The van der Waals surface area contributed by atoms with Crippen molar-refractivity contribution in [1.82, 2.24) is 9.97 Å². The van der Waals surface area contributed by atoms with Crippen molar-refractivity contribution in [1.29, 1.82) is 0 Å². The fourth-order valence-corrected chi connectivity index (χ4v) is 2.37. The molecule has 1 aliphatic rings. The molecule has 1 aliphatic carbocycles. The van der Waals surface area contributed by atoms with E-state index in [0.717, 1.165) is 30.8 Å². The second kappa shape index (κ2) is 4.89. The van der Waals surface area contributed by atoms with Crippen LogP contribution in [-0.4, -0.2) is 23.6 Å². The summed E-state index contributed by atoms with van der Waals surface area (Å²) in [6.45, 7) is 0.621. The maximum absolute atomic E-state index is 5.66. The van der Waals surface area contributed by atoms with E-state index in [0.29, 0.717) is 6.54 Å². The first-order chi connectivity index (χ1) is 7.80. The molecule has 0 radical (unpaired) electrons. The van der Waals surface area contributed by atoms with Crippen LogP contribution in [0.1, 0.15) is 37.2 Å². The number of nitrogens with zero attached hydrogens (tertiary/aromatic N) is 2. The summed E-state index contributed by atoms with van der Waals surface area (Å²) >= 11 is 0. The molecule has 1 heterocycles. The summed E-state index contributed by atoms with van der Waals surface area (Å²) in [5.74, 6) is 0.832. The van der Waals surface area contributed by atoms with Gasteiger partial charge in [0.15, 0.2) is 5.82 Å². The Balaban J connectivity index is 2.27.